The van der Waals surface area contributed by atoms with Gasteiger partial charge in [0.1, 0.15) is 6.54 Å². The number of anilines is 1. The Balaban J connectivity index is 2.21. The Hall–Kier alpha value is -1.08. The highest BCUT2D eigenvalue weighted by Gasteiger charge is 2.27. The van der Waals surface area contributed by atoms with E-state index in [1.54, 1.807) is 23.1 Å². The molecule has 1 aliphatic heterocycles. The number of para-hydroxylation sites is 1. The lowest BCUT2D eigenvalue weighted by Gasteiger charge is -2.33. The molecule has 1 aliphatic rings. The van der Waals surface area contributed by atoms with Crippen LogP contribution in [0.15, 0.2) is 28.7 Å². The maximum atomic E-state index is 12.5. The molecular formula is C15H21BrN2O3S. The van der Waals surface area contributed by atoms with Crippen molar-refractivity contribution in [3.63, 3.8) is 0 Å². The third-order valence-electron chi connectivity index (χ3n) is 3.81. The molecule has 7 heteroatoms. The second-order valence-corrected chi connectivity index (χ2v) is 8.57. The van der Waals surface area contributed by atoms with Gasteiger partial charge in [-0.05, 0) is 46.8 Å². The maximum absolute atomic E-state index is 12.5. The summed E-state index contributed by atoms with van der Waals surface area (Å²) in [5, 5.41) is 0. The van der Waals surface area contributed by atoms with Gasteiger partial charge >= 0.3 is 0 Å². The van der Waals surface area contributed by atoms with Crippen molar-refractivity contribution in [2.45, 2.75) is 19.8 Å². The first-order valence-corrected chi connectivity index (χ1v) is 9.93. The van der Waals surface area contributed by atoms with Crippen LogP contribution in [0.25, 0.3) is 0 Å². The summed E-state index contributed by atoms with van der Waals surface area (Å²) >= 11 is 3.35. The Morgan fingerprint density at radius 1 is 1.41 bits per heavy atom. The third-order valence-corrected chi connectivity index (χ3v) is 5.61. The molecule has 0 saturated carbocycles. The zero-order chi connectivity index (χ0) is 16.3. The fourth-order valence-corrected chi connectivity index (χ4v) is 4.15. The van der Waals surface area contributed by atoms with Gasteiger partial charge in [0.05, 0.1) is 11.9 Å². The lowest BCUT2D eigenvalue weighted by Crippen LogP contribution is -2.46. The predicted molar refractivity (Wildman–Crippen MR) is 91.3 cm³/mol. The molecule has 1 saturated heterocycles. The molecule has 1 fully saturated rings. The van der Waals surface area contributed by atoms with E-state index in [0.717, 1.165) is 19.1 Å². The number of benzene rings is 1. The normalized spacial score (nSPS) is 19.0. The van der Waals surface area contributed by atoms with E-state index in [1.807, 2.05) is 6.07 Å². The Kier molecular flexibility index (Phi) is 5.50. The molecule has 0 aromatic heterocycles. The van der Waals surface area contributed by atoms with E-state index in [0.29, 0.717) is 29.2 Å². The van der Waals surface area contributed by atoms with Crippen LogP contribution in [0.4, 0.5) is 5.69 Å². The van der Waals surface area contributed by atoms with E-state index in [2.05, 4.69) is 22.9 Å². The van der Waals surface area contributed by atoms with Crippen molar-refractivity contribution in [1.82, 2.24) is 4.90 Å². The van der Waals surface area contributed by atoms with Gasteiger partial charge in [-0.25, -0.2) is 8.42 Å². The Bertz CT molecular complexity index is 648. The summed E-state index contributed by atoms with van der Waals surface area (Å²) < 4.78 is 26.0. The number of amides is 1. The van der Waals surface area contributed by atoms with Gasteiger partial charge in [0.2, 0.25) is 15.9 Å². The van der Waals surface area contributed by atoms with E-state index in [1.165, 1.54) is 4.31 Å². The first kappa shape index (κ1) is 17.3. The van der Waals surface area contributed by atoms with Gasteiger partial charge in [-0.1, -0.05) is 19.1 Å². The highest BCUT2D eigenvalue weighted by molar-refractivity contribution is 9.10. The standard InChI is InChI=1S/C15H21BrN2O3S/c1-12-6-5-9-17(10-12)15(19)11-18(22(2,20)21)14-8-4-3-7-13(14)16/h3-4,7-8,12H,5-6,9-11H2,1-2H3. The highest BCUT2D eigenvalue weighted by atomic mass is 79.9. The second kappa shape index (κ2) is 7.00. The molecule has 1 amide bonds. The topological polar surface area (TPSA) is 57.7 Å². The summed E-state index contributed by atoms with van der Waals surface area (Å²) in [4.78, 5) is 14.3. The monoisotopic (exact) mass is 388 g/mol. The minimum atomic E-state index is -3.53. The molecule has 2 rings (SSSR count). The maximum Gasteiger partial charge on any atom is 0.243 e. The van der Waals surface area contributed by atoms with Crippen molar-refractivity contribution in [3.05, 3.63) is 28.7 Å². The minimum absolute atomic E-state index is 0.146. The summed E-state index contributed by atoms with van der Waals surface area (Å²) in [5.74, 6) is 0.320. The van der Waals surface area contributed by atoms with Crippen molar-refractivity contribution < 1.29 is 13.2 Å². The van der Waals surface area contributed by atoms with Gasteiger partial charge in [0, 0.05) is 17.6 Å². The van der Waals surface area contributed by atoms with Crippen LogP contribution in [-0.4, -0.2) is 45.1 Å². The van der Waals surface area contributed by atoms with Crippen molar-refractivity contribution in [3.8, 4) is 0 Å². The van der Waals surface area contributed by atoms with Crippen molar-refractivity contribution in [2.24, 2.45) is 5.92 Å². The molecule has 0 aliphatic carbocycles. The van der Waals surface area contributed by atoms with Gasteiger partial charge < -0.3 is 4.90 Å². The number of carbonyl (C=O) groups is 1. The van der Waals surface area contributed by atoms with Crippen LogP contribution in [0.2, 0.25) is 0 Å². The Morgan fingerprint density at radius 2 is 2.09 bits per heavy atom. The van der Waals surface area contributed by atoms with Crippen molar-refractivity contribution in [2.75, 3.05) is 30.2 Å². The Morgan fingerprint density at radius 3 is 2.68 bits per heavy atom. The van der Waals surface area contributed by atoms with Crippen LogP contribution in [-0.2, 0) is 14.8 Å². The number of sulfonamides is 1. The van der Waals surface area contributed by atoms with Gasteiger partial charge in [-0.15, -0.1) is 0 Å². The Labute approximate surface area is 140 Å². The van der Waals surface area contributed by atoms with E-state index in [4.69, 9.17) is 0 Å². The van der Waals surface area contributed by atoms with E-state index < -0.39 is 10.0 Å². The van der Waals surface area contributed by atoms with Gasteiger partial charge in [-0.3, -0.25) is 9.10 Å². The number of piperidine rings is 1. The first-order valence-electron chi connectivity index (χ1n) is 7.29. The van der Waals surface area contributed by atoms with Crippen LogP contribution in [0.1, 0.15) is 19.8 Å². The molecule has 1 aromatic carbocycles. The van der Waals surface area contributed by atoms with Crippen LogP contribution in [0.5, 0.6) is 0 Å². The predicted octanol–water partition coefficient (Wildman–Crippen LogP) is 2.47. The summed E-state index contributed by atoms with van der Waals surface area (Å²) in [6.07, 6.45) is 3.21. The highest BCUT2D eigenvalue weighted by Crippen LogP contribution is 2.28. The molecule has 1 aromatic rings. The molecule has 22 heavy (non-hydrogen) atoms. The average Bonchev–Trinajstić information content (AvgIpc) is 2.44. The van der Waals surface area contributed by atoms with Crippen LogP contribution in [0, 0.1) is 5.92 Å². The number of likely N-dealkylation sites (tertiary alicyclic amines) is 1. The van der Waals surface area contributed by atoms with Crippen molar-refractivity contribution in [1.29, 1.82) is 0 Å². The number of carbonyl (C=O) groups excluding carboxylic acids is 1. The molecule has 1 heterocycles. The SMILES string of the molecule is CC1CCCN(C(=O)CN(c2ccccc2Br)S(C)(=O)=O)C1. The molecule has 0 bridgehead atoms. The zero-order valence-electron chi connectivity index (χ0n) is 12.8. The quantitative estimate of drug-likeness (QED) is 0.795. The largest absolute Gasteiger partial charge is 0.341 e. The summed E-state index contributed by atoms with van der Waals surface area (Å²) in [6, 6.07) is 7.02. The third kappa shape index (κ3) is 4.23. The van der Waals surface area contributed by atoms with E-state index >= 15 is 0 Å². The number of nitrogens with zero attached hydrogens (tertiary/aromatic N) is 2. The van der Waals surface area contributed by atoms with Gasteiger partial charge in [-0.2, -0.15) is 0 Å². The first-order chi connectivity index (χ1) is 10.3. The number of hydrogen-bond acceptors (Lipinski definition) is 3. The summed E-state index contributed by atoms with van der Waals surface area (Å²) in [7, 11) is -3.53. The second-order valence-electron chi connectivity index (χ2n) is 5.81. The lowest BCUT2D eigenvalue weighted by molar-refractivity contribution is -0.131. The minimum Gasteiger partial charge on any atom is -0.341 e. The number of hydrogen-bond donors (Lipinski definition) is 0. The average molecular weight is 389 g/mol. The van der Waals surface area contributed by atoms with Crippen LogP contribution < -0.4 is 4.31 Å². The van der Waals surface area contributed by atoms with Gasteiger partial charge in [0.25, 0.3) is 0 Å². The smallest absolute Gasteiger partial charge is 0.243 e. The molecule has 5 nitrogen and oxygen atoms in total. The number of rotatable bonds is 4. The fraction of sp³-hybridized carbons (Fsp3) is 0.533. The molecule has 122 valence electrons. The zero-order valence-corrected chi connectivity index (χ0v) is 15.2. The van der Waals surface area contributed by atoms with Crippen LogP contribution >= 0.6 is 15.9 Å². The fourth-order valence-electron chi connectivity index (χ4n) is 2.67. The van der Waals surface area contributed by atoms with Gasteiger partial charge in [0.15, 0.2) is 0 Å². The summed E-state index contributed by atoms with van der Waals surface area (Å²) in [5.41, 5.74) is 0.489. The summed E-state index contributed by atoms with van der Waals surface area (Å²) in [6.45, 7) is 3.36. The molecule has 0 N–H and O–H groups in total. The molecule has 0 spiro atoms. The lowest BCUT2D eigenvalue weighted by atomic mass is 10.0. The molecule has 1 unspecified atom stereocenters. The molecule has 0 radical (unpaired) electrons. The van der Waals surface area contributed by atoms with Crippen LogP contribution in [0.3, 0.4) is 0 Å². The van der Waals surface area contributed by atoms with Crippen molar-refractivity contribution >= 4 is 37.5 Å². The van der Waals surface area contributed by atoms with E-state index in [9.17, 15) is 13.2 Å². The van der Waals surface area contributed by atoms with E-state index in [-0.39, 0.29) is 12.5 Å². The molecule has 1 atom stereocenters. The number of halogens is 1. The molecular weight excluding hydrogens is 368 g/mol.